The van der Waals surface area contributed by atoms with E-state index in [9.17, 15) is 0 Å². The van der Waals surface area contributed by atoms with Gasteiger partial charge in [-0.1, -0.05) is 54.6 Å². The summed E-state index contributed by atoms with van der Waals surface area (Å²) < 4.78 is 0. The second-order valence-electron chi connectivity index (χ2n) is 5.17. The number of benzene rings is 2. The summed E-state index contributed by atoms with van der Waals surface area (Å²) in [5.41, 5.74) is 4.04. The average Bonchev–Trinajstić information content (AvgIpc) is 2.52. The fourth-order valence-electron chi connectivity index (χ4n) is 2.33. The Hall–Kier alpha value is -1.25. The molecule has 2 aromatic rings. The van der Waals surface area contributed by atoms with Crippen LogP contribution in [0.2, 0.25) is 0 Å². The molecule has 106 valence electrons. The third-order valence-electron chi connectivity index (χ3n) is 3.57. The number of thiol groups is 1. The molecule has 20 heavy (non-hydrogen) atoms. The van der Waals surface area contributed by atoms with Crippen LogP contribution in [-0.2, 0) is 12.2 Å². The first kappa shape index (κ1) is 15.1. The molecule has 0 aliphatic rings. The molecule has 2 aromatic carbocycles. The van der Waals surface area contributed by atoms with Gasteiger partial charge in [0.1, 0.15) is 0 Å². The van der Waals surface area contributed by atoms with E-state index in [1.54, 1.807) is 0 Å². The molecule has 2 heteroatoms. The molecule has 1 nitrogen and oxygen atoms in total. The van der Waals surface area contributed by atoms with Crippen LogP contribution in [0.5, 0.6) is 0 Å². The van der Waals surface area contributed by atoms with E-state index < -0.39 is 0 Å². The molecule has 0 spiro atoms. The van der Waals surface area contributed by atoms with Crippen LogP contribution in [0.3, 0.4) is 0 Å². The molecule has 0 fully saturated rings. The van der Waals surface area contributed by atoms with E-state index in [1.165, 1.54) is 23.1 Å². The number of rotatable bonds is 7. The molecule has 0 saturated carbocycles. The second kappa shape index (κ2) is 8.13. The van der Waals surface area contributed by atoms with E-state index in [2.05, 4.69) is 79.5 Å². The van der Waals surface area contributed by atoms with Crippen LogP contribution in [0.25, 0.3) is 0 Å². The maximum atomic E-state index is 4.33. The van der Waals surface area contributed by atoms with Gasteiger partial charge < -0.3 is 5.32 Å². The third-order valence-corrected chi connectivity index (χ3v) is 3.93. The predicted molar refractivity (Wildman–Crippen MR) is 90.3 cm³/mol. The monoisotopic (exact) mass is 285 g/mol. The lowest BCUT2D eigenvalue weighted by molar-refractivity contribution is 0.558. The van der Waals surface area contributed by atoms with Crippen molar-refractivity contribution in [1.29, 1.82) is 0 Å². The van der Waals surface area contributed by atoms with Gasteiger partial charge in [-0.2, -0.15) is 12.6 Å². The van der Waals surface area contributed by atoms with Crippen molar-refractivity contribution >= 4 is 12.6 Å². The first-order valence-electron chi connectivity index (χ1n) is 7.26. The first-order valence-corrected chi connectivity index (χ1v) is 7.90. The number of aryl methyl sites for hydroxylation is 1. The van der Waals surface area contributed by atoms with Gasteiger partial charge in [0, 0.05) is 11.8 Å². The van der Waals surface area contributed by atoms with Gasteiger partial charge in [0.15, 0.2) is 0 Å². The predicted octanol–water partition coefficient (Wildman–Crippen LogP) is 4.40. The second-order valence-corrected chi connectivity index (χ2v) is 5.48. The van der Waals surface area contributed by atoms with Crippen molar-refractivity contribution in [3.8, 4) is 0 Å². The van der Waals surface area contributed by atoms with Gasteiger partial charge in [0.05, 0.1) is 0 Å². The van der Waals surface area contributed by atoms with Crippen LogP contribution in [0.15, 0.2) is 54.6 Å². The van der Waals surface area contributed by atoms with Gasteiger partial charge in [-0.15, -0.1) is 0 Å². The third kappa shape index (κ3) is 4.69. The molecule has 2 rings (SSSR count). The molecular formula is C18H23NS. The van der Waals surface area contributed by atoms with Gasteiger partial charge in [0.2, 0.25) is 0 Å². The maximum absolute atomic E-state index is 4.33. The quantitative estimate of drug-likeness (QED) is 0.567. The molecule has 0 aliphatic heterocycles. The Morgan fingerprint density at radius 1 is 1.00 bits per heavy atom. The summed E-state index contributed by atoms with van der Waals surface area (Å²) in [7, 11) is 0. The van der Waals surface area contributed by atoms with Crippen molar-refractivity contribution in [3.05, 3.63) is 71.3 Å². The molecule has 1 atom stereocenters. The van der Waals surface area contributed by atoms with Crippen molar-refractivity contribution in [2.75, 3.05) is 6.54 Å². The van der Waals surface area contributed by atoms with Crippen LogP contribution in [0.4, 0.5) is 0 Å². The fraction of sp³-hybridized carbons (Fsp3) is 0.333. The normalized spacial score (nSPS) is 12.3. The topological polar surface area (TPSA) is 12.0 Å². The zero-order valence-corrected chi connectivity index (χ0v) is 12.9. The van der Waals surface area contributed by atoms with Crippen LogP contribution < -0.4 is 5.32 Å². The number of hydrogen-bond acceptors (Lipinski definition) is 2. The smallest absolute Gasteiger partial charge is 0.0291 e. The van der Waals surface area contributed by atoms with Crippen molar-refractivity contribution in [1.82, 2.24) is 5.32 Å². The summed E-state index contributed by atoms with van der Waals surface area (Å²) in [6, 6.07) is 19.7. The minimum atomic E-state index is 0.394. The molecule has 0 aliphatic carbocycles. The molecule has 0 saturated heterocycles. The van der Waals surface area contributed by atoms with E-state index in [0.29, 0.717) is 6.04 Å². The van der Waals surface area contributed by atoms with E-state index in [4.69, 9.17) is 0 Å². The Morgan fingerprint density at radius 3 is 2.50 bits per heavy atom. The Balaban J connectivity index is 1.76. The molecule has 0 heterocycles. The lowest BCUT2D eigenvalue weighted by atomic mass is 10.1. The van der Waals surface area contributed by atoms with Crippen molar-refractivity contribution in [3.63, 3.8) is 0 Å². The Labute approximate surface area is 127 Å². The minimum absolute atomic E-state index is 0.394. The van der Waals surface area contributed by atoms with E-state index in [1.807, 2.05) is 0 Å². The van der Waals surface area contributed by atoms with Gasteiger partial charge in [-0.25, -0.2) is 0 Å². The summed E-state index contributed by atoms with van der Waals surface area (Å²) in [6.07, 6.45) is 2.30. The number of nitrogens with one attached hydrogen (secondary N) is 1. The van der Waals surface area contributed by atoms with Crippen molar-refractivity contribution in [2.24, 2.45) is 0 Å². The highest BCUT2D eigenvalue weighted by atomic mass is 32.1. The van der Waals surface area contributed by atoms with Crippen LogP contribution >= 0.6 is 12.6 Å². The molecule has 0 amide bonds. The molecule has 1 N–H and O–H groups in total. The van der Waals surface area contributed by atoms with Gasteiger partial charge in [0.25, 0.3) is 0 Å². The highest BCUT2D eigenvalue weighted by Crippen LogP contribution is 2.15. The molecule has 1 unspecified atom stereocenters. The molecular weight excluding hydrogens is 262 g/mol. The summed E-state index contributed by atoms with van der Waals surface area (Å²) in [5.74, 6) is 0.800. The highest BCUT2D eigenvalue weighted by molar-refractivity contribution is 7.79. The molecule has 0 radical (unpaired) electrons. The van der Waals surface area contributed by atoms with Crippen LogP contribution in [0, 0.1) is 0 Å². The number of hydrogen-bond donors (Lipinski definition) is 2. The molecule has 0 aromatic heterocycles. The summed E-state index contributed by atoms with van der Waals surface area (Å²) in [5, 5.41) is 3.60. The largest absolute Gasteiger partial charge is 0.310 e. The van der Waals surface area contributed by atoms with E-state index in [0.717, 1.165) is 18.7 Å². The van der Waals surface area contributed by atoms with Crippen LogP contribution in [0.1, 0.15) is 36.1 Å². The summed E-state index contributed by atoms with van der Waals surface area (Å²) in [6.45, 7) is 3.27. The lowest BCUT2D eigenvalue weighted by Gasteiger charge is -2.15. The standard InChI is InChI=1S/C18H23NS/c1-15(18-11-5-9-17(13-18)14-20)19-12-6-10-16-7-3-2-4-8-16/h2-5,7-9,11,13,15,19-20H,6,10,12,14H2,1H3. The Bertz CT molecular complexity index is 510. The van der Waals surface area contributed by atoms with Crippen molar-refractivity contribution in [2.45, 2.75) is 31.6 Å². The lowest BCUT2D eigenvalue weighted by Crippen LogP contribution is -2.20. The fourth-order valence-corrected chi connectivity index (χ4v) is 2.53. The van der Waals surface area contributed by atoms with Crippen LogP contribution in [-0.4, -0.2) is 6.54 Å². The molecule has 0 bridgehead atoms. The van der Waals surface area contributed by atoms with Gasteiger partial charge in [-0.3, -0.25) is 0 Å². The maximum Gasteiger partial charge on any atom is 0.0291 e. The highest BCUT2D eigenvalue weighted by Gasteiger charge is 2.04. The Kier molecular flexibility index (Phi) is 6.16. The van der Waals surface area contributed by atoms with Crippen molar-refractivity contribution < 1.29 is 0 Å². The van der Waals surface area contributed by atoms with Gasteiger partial charge >= 0.3 is 0 Å². The van der Waals surface area contributed by atoms with E-state index in [-0.39, 0.29) is 0 Å². The summed E-state index contributed by atoms with van der Waals surface area (Å²) >= 11 is 4.33. The van der Waals surface area contributed by atoms with Gasteiger partial charge in [-0.05, 0) is 43.0 Å². The van der Waals surface area contributed by atoms with E-state index >= 15 is 0 Å². The minimum Gasteiger partial charge on any atom is -0.310 e. The SMILES string of the molecule is CC(NCCCc1ccccc1)c1cccc(CS)c1. The first-order chi connectivity index (χ1) is 9.79. The zero-order valence-electron chi connectivity index (χ0n) is 12.0. The average molecular weight is 285 g/mol. The summed E-state index contributed by atoms with van der Waals surface area (Å²) in [4.78, 5) is 0. The zero-order chi connectivity index (χ0) is 14.2. The Morgan fingerprint density at radius 2 is 1.75 bits per heavy atom.